The molecule has 0 aliphatic rings. The Morgan fingerprint density at radius 1 is 1.04 bits per heavy atom. The summed E-state index contributed by atoms with van der Waals surface area (Å²) in [5.41, 5.74) is 1.98. The highest BCUT2D eigenvalue weighted by Gasteiger charge is 2.15. The lowest BCUT2D eigenvalue weighted by molar-refractivity contribution is 0.159. The fraction of sp³-hybridized carbons (Fsp3) is 0.333. The highest BCUT2D eigenvalue weighted by molar-refractivity contribution is 6.36. The van der Waals surface area contributed by atoms with E-state index in [4.69, 9.17) is 39.5 Å². The number of halogens is 3. The van der Waals surface area contributed by atoms with Gasteiger partial charge in [-0.2, -0.15) is 0 Å². The maximum absolute atomic E-state index is 6.30. The largest absolute Gasteiger partial charge is 0.383 e. The number of hydrogen-bond donors (Lipinski definition) is 1. The Labute approximate surface area is 158 Å². The van der Waals surface area contributed by atoms with Gasteiger partial charge in [0.15, 0.2) is 0 Å². The fourth-order valence-electron chi connectivity index (χ4n) is 2.37. The van der Waals surface area contributed by atoms with Crippen LogP contribution in [0.25, 0.3) is 0 Å². The average Bonchev–Trinajstić information content (AvgIpc) is 2.55. The Morgan fingerprint density at radius 2 is 1.71 bits per heavy atom. The van der Waals surface area contributed by atoms with Crippen LogP contribution in [0, 0.1) is 0 Å². The number of likely N-dealkylation sites (N-methyl/N-ethyl adjacent to an activating group) is 1. The molecule has 0 bridgehead atoms. The van der Waals surface area contributed by atoms with Crippen molar-refractivity contribution in [3.05, 3.63) is 63.1 Å². The van der Waals surface area contributed by atoms with Gasteiger partial charge < -0.3 is 15.0 Å². The molecule has 0 aliphatic heterocycles. The SMILES string of the molecule is COCCN(C)C[C@H](Nc1ccc(Cl)cc1Cl)c1ccc(Cl)cc1. The van der Waals surface area contributed by atoms with Gasteiger partial charge in [-0.3, -0.25) is 0 Å². The van der Waals surface area contributed by atoms with Gasteiger partial charge >= 0.3 is 0 Å². The van der Waals surface area contributed by atoms with Gasteiger partial charge in [0.2, 0.25) is 0 Å². The number of hydrogen-bond acceptors (Lipinski definition) is 3. The summed E-state index contributed by atoms with van der Waals surface area (Å²) < 4.78 is 5.15. The van der Waals surface area contributed by atoms with Crippen LogP contribution in [0.5, 0.6) is 0 Å². The van der Waals surface area contributed by atoms with Crippen LogP contribution in [0.1, 0.15) is 11.6 Å². The molecule has 2 aromatic rings. The second-order valence-corrected chi connectivity index (χ2v) is 6.91. The predicted molar refractivity (Wildman–Crippen MR) is 104 cm³/mol. The van der Waals surface area contributed by atoms with Gasteiger partial charge in [0.1, 0.15) is 0 Å². The summed E-state index contributed by atoms with van der Waals surface area (Å²) in [6.45, 7) is 2.33. The zero-order valence-electron chi connectivity index (χ0n) is 13.7. The molecule has 0 saturated heterocycles. The number of benzene rings is 2. The Kier molecular flexibility index (Phi) is 7.66. The number of ether oxygens (including phenoxy) is 1. The molecule has 6 heteroatoms. The van der Waals surface area contributed by atoms with E-state index in [1.54, 1.807) is 13.2 Å². The van der Waals surface area contributed by atoms with Crippen molar-refractivity contribution in [2.75, 3.05) is 39.2 Å². The van der Waals surface area contributed by atoms with Crippen molar-refractivity contribution >= 4 is 40.5 Å². The fourth-order valence-corrected chi connectivity index (χ4v) is 2.96. The van der Waals surface area contributed by atoms with Crippen molar-refractivity contribution in [1.82, 2.24) is 4.90 Å². The predicted octanol–water partition coefficient (Wildman–Crippen LogP) is 5.38. The molecule has 2 rings (SSSR count). The zero-order chi connectivity index (χ0) is 17.5. The van der Waals surface area contributed by atoms with Gasteiger partial charge in [0.25, 0.3) is 0 Å². The molecule has 0 spiro atoms. The van der Waals surface area contributed by atoms with Crippen LogP contribution in [-0.4, -0.2) is 38.8 Å². The molecule has 0 heterocycles. The van der Waals surface area contributed by atoms with Crippen molar-refractivity contribution in [1.29, 1.82) is 0 Å². The summed E-state index contributed by atoms with van der Waals surface area (Å²) in [7, 11) is 3.77. The van der Waals surface area contributed by atoms with E-state index < -0.39 is 0 Å². The van der Waals surface area contributed by atoms with Crippen LogP contribution in [-0.2, 0) is 4.74 Å². The molecule has 0 aliphatic carbocycles. The summed E-state index contributed by atoms with van der Waals surface area (Å²) in [4.78, 5) is 2.21. The Bertz CT molecular complexity index is 649. The van der Waals surface area contributed by atoms with Crippen molar-refractivity contribution in [3.8, 4) is 0 Å². The quantitative estimate of drug-likeness (QED) is 0.658. The molecular weight excluding hydrogens is 367 g/mol. The van der Waals surface area contributed by atoms with Crippen LogP contribution < -0.4 is 5.32 Å². The molecule has 0 fully saturated rings. The van der Waals surface area contributed by atoms with Crippen molar-refractivity contribution < 1.29 is 4.74 Å². The Morgan fingerprint density at radius 3 is 2.33 bits per heavy atom. The van der Waals surface area contributed by atoms with E-state index in [1.807, 2.05) is 36.4 Å². The minimum Gasteiger partial charge on any atom is -0.383 e. The number of nitrogens with one attached hydrogen (secondary N) is 1. The summed E-state index contributed by atoms with van der Waals surface area (Å²) in [6, 6.07) is 13.3. The second kappa shape index (κ2) is 9.50. The molecule has 0 unspecified atom stereocenters. The molecule has 130 valence electrons. The van der Waals surface area contributed by atoms with E-state index in [2.05, 4.69) is 17.3 Å². The first kappa shape index (κ1) is 19.4. The number of rotatable bonds is 8. The third-order valence-electron chi connectivity index (χ3n) is 3.70. The van der Waals surface area contributed by atoms with Gasteiger partial charge in [-0.15, -0.1) is 0 Å². The van der Waals surface area contributed by atoms with E-state index >= 15 is 0 Å². The molecule has 1 atom stereocenters. The smallest absolute Gasteiger partial charge is 0.0652 e. The van der Waals surface area contributed by atoms with Crippen LogP contribution in [0.2, 0.25) is 15.1 Å². The zero-order valence-corrected chi connectivity index (χ0v) is 16.0. The first-order valence-corrected chi connectivity index (χ1v) is 8.77. The minimum absolute atomic E-state index is 0.0581. The van der Waals surface area contributed by atoms with Crippen LogP contribution in [0.4, 0.5) is 5.69 Å². The van der Waals surface area contributed by atoms with E-state index in [0.717, 1.165) is 29.4 Å². The first-order chi connectivity index (χ1) is 11.5. The van der Waals surface area contributed by atoms with Crippen molar-refractivity contribution in [3.63, 3.8) is 0 Å². The van der Waals surface area contributed by atoms with Gasteiger partial charge in [-0.05, 0) is 42.9 Å². The van der Waals surface area contributed by atoms with E-state index in [0.29, 0.717) is 16.7 Å². The lowest BCUT2D eigenvalue weighted by Crippen LogP contribution is -2.31. The van der Waals surface area contributed by atoms with Gasteiger partial charge in [0.05, 0.1) is 23.4 Å². The lowest BCUT2D eigenvalue weighted by atomic mass is 10.1. The summed E-state index contributed by atoms with van der Waals surface area (Å²) in [5.74, 6) is 0. The summed E-state index contributed by atoms with van der Waals surface area (Å²) in [6.07, 6.45) is 0. The standard InChI is InChI=1S/C18H21Cl3N2O/c1-23(9-10-24-2)12-18(13-3-5-14(19)6-4-13)22-17-8-7-15(20)11-16(17)21/h3-8,11,18,22H,9-10,12H2,1-2H3/t18-/m0/s1. The summed E-state index contributed by atoms with van der Waals surface area (Å²) >= 11 is 18.3. The molecule has 1 N–H and O–H groups in total. The maximum Gasteiger partial charge on any atom is 0.0652 e. The number of nitrogens with zero attached hydrogens (tertiary/aromatic N) is 1. The highest BCUT2D eigenvalue weighted by Crippen LogP contribution is 2.29. The molecule has 0 radical (unpaired) electrons. The van der Waals surface area contributed by atoms with Crippen LogP contribution in [0.3, 0.4) is 0 Å². The van der Waals surface area contributed by atoms with Gasteiger partial charge in [-0.25, -0.2) is 0 Å². The van der Waals surface area contributed by atoms with Crippen molar-refractivity contribution in [2.45, 2.75) is 6.04 Å². The molecular formula is C18H21Cl3N2O. The molecule has 0 aromatic heterocycles. The molecule has 0 amide bonds. The molecule has 3 nitrogen and oxygen atoms in total. The first-order valence-electron chi connectivity index (χ1n) is 7.64. The lowest BCUT2D eigenvalue weighted by Gasteiger charge is -2.26. The minimum atomic E-state index is 0.0581. The van der Waals surface area contributed by atoms with E-state index in [9.17, 15) is 0 Å². The van der Waals surface area contributed by atoms with E-state index in [1.165, 1.54) is 0 Å². The monoisotopic (exact) mass is 386 g/mol. The maximum atomic E-state index is 6.30. The molecule has 24 heavy (non-hydrogen) atoms. The molecule has 0 saturated carbocycles. The topological polar surface area (TPSA) is 24.5 Å². The average molecular weight is 388 g/mol. The molecule has 2 aromatic carbocycles. The van der Waals surface area contributed by atoms with Crippen LogP contribution >= 0.6 is 34.8 Å². The van der Waals surface area contributed by atoms with Gasteiger partial charge in [0, 0.05) is 30.2 Å². The normalized spacial score (nSPS) is 12.4. The van der Waals surface area contributed by atoms with Crippen LogP contribution in [0.15, 0.2) is 42.5 Å². The van der Waals surface area contributed by atoms with Crippen molar-refractivity contribution in [2.24, 2.45) is 0 Å². The number of anilines is 1. The Hall–Kier alpha value is -0.970. The highest BCUT2D eigenvalue weighted by atomic mass is 35.5. The third-order valence-corrected chi connectivity index (χ3v) is 4.50. The number of methoxy groups -OCH3 is 1. The van der Waals surface area contributed by atoms with E-state index in [-0.39, 0.29) is 6.04 Å². The second-order valence-electron chi connectivity index (χ2n) is 5.63. The van der Waals surface area contributed by atoms with Gasteiger partial charge in [-0.1, -0.05) is 46.9 Å². The summed E-state index contributed by atoms with van der Waals surface area (Å²) in [5, 5.41) is 5.43. The Balaban J connectivity index is 2.19. The third kappa shape index (κ3) is 5.83.